The fourth-order valence-corrected chi connectivity index (χ4v) is 1.79. The first-order valence-electron chi connectivity index (χ1n) is 5.27. The fraction of sp³-hybridized carbons (Fsp3) is 0.154. The van der Waals surface area contributed by atoms with Crippen molar-refractivity contribution in [3.05, 3.63) is 64.7 Å². The average Bonchev–Trinajstić information content (AvgIpc) is 2.34. The van der Waals surface area contributed by atoms with Gasteiger partial charge in [0.1, 0.15) is 5.82 Å². The van der Waals surface area contributed by atoms with Crippen LogP contribution in [0.25, 0.3) is 0 Å². The molecule has 0 saturated heterocycles. The number of pyridine rings is 1. The number of aromatic nitrogens is 1. The van der Waals surface area contributed by atoms with Gasteiger partial charge in [0, 0.05) is 24.4 Å². The van der Waals surface area contributed by atoms with Gasteiger partial charge in [-0.15, -0.1) is 0 Å². The van der Waals surface area contributed by atoms with E-state index < -0.39 is 5.82 Å². The maximum atomic E-state index is 13.0. The number of nitrogens with zero attached hydrogens (tertiary/aromatic N) is 1. The van der Waals surface area contributed by atoms with Gasteiger partial charge in [-0.3, -0.25) is 4.98 Å². The zero-order valence-electron chi connectivity index (χ0n) is 9.11. The van der Waals surface area contributed by atoms with Crippen LogP contribution in [0.2, 0.25) is 5.02 Å². The molecule has 0 aliphatic heterocycles. The molecule has 1 atom stereocenters. The minimum absolute atomic E-state index is 0.0963. The Kier molecular flexibility index (Phi) is 3.71. The molecule has 1 aromatic carbocycles. The molecule has 0 radical (unpaired) electrons. The second-order valence-corrected chi connectivity index (χ2v) is 4.21. The van der Waals surface area contributed by atoms with E-state index in [4.69, 9.17) is 17.3 Å². The van der Waals surface area contributed by atoms with Crippen LogP contribution in [0.5, 0.6) is 0 Å². The average molecular weight is 251 g/mol. The maximum Gasteiger partial charge on any atom is 0.141 e. The molecule has 0 fully saturated rings. The normalized spacial score (nSPS) is 12.4. The van der Waals surface area contributed by atoms with Gasteiger partial charge in [0.05, 0.1) is 5.02 Å². The van der Waals surface area contributed by atoms with E-state index in [2.05, 4.69) is 4.98 Å². The van der Waals surface area contributed by atoms with E-state index in [0.717, 1.165) is 11.3 Å². The summed E-state index contributed by atoms with van der Waals surface area (Å²) in [6.45, 7) is 0. The highest BCUT2D eigenvalue weighted by Gasteiger charge is 2.10. The minimum atomic E-state index is -0.430. The number of benzene rings is 1. The van der Waals surface area contributed by atoms with Gasteiger partial charge in [-0.05, 0) is 29.8 Å². The Hall–Kier alpha value is -1.45. The SMILES string of the molecule is NC(Cc1ccccn1)c1ccc(F)c(Cl)c1. The van der Waals surface area contributed by atoms with Crippen molar-refractivity contribution in [2.45, 2.75) is 12.5 Å². The molecule has 1 heterocycles. The van der Waals surface area contributed by atoms with Crippen molar-refractivity contribution in [1.29, 1.82) is 0 Å². The Bertz CT molecular complexity index is 502. The van der Waals surface area contributed by atoms with Crippen LogP contribution in [0.3, 0.4) is 0 Å². The summed E-state index contributed by atoms with van der Waals surface area (Å²) in [6.07, 6.45) is 2.32. The Balaban J connectivity index is 2.14. The van der Waals surface area contributed by atoms with E-state index in [0.29, 0.717) is 6.42 Å². The molecular formula is C13H12ClFN2. The van der Waals surface area contributed by atoms with E-state index in [-0.39, 0.29) is 11.1 Å². The number of halogens is 2. The Morgan fingerprint density at radius 2 is 2.12 bits per heavy atom. The van der Waals surface area contributed by atoms with Gasteiger partial charge in [-0.2, -0.15) is 0 Å². The highest BCUT2D eigenvalue weighted by Crippen LogP contribution is 2.21. The lowest BCUT2D eigenvalue weighted by Crippen LogP contribution is -2.14. The van der Waals surface area contributed by atoms with Crippen LogP contribution in [0.4, 0.5) is 4.39 Å². The van der Waals surface area contributed by atoms with Gasteiger partial charge in [-0.25, -0.2) is 4.39 Å². The number of rotatable bonds is 3. The number of hydrogen-bond acceptors (Lipinski definition) is 2. The summed E-state index contributed by atoms with van der Waals surface area (Å²) in [4.78, 5) is 4.20. The zero-order valence-corrected chi connectivity index (χ0v) is 9.86. The highest BCUT2D eigenvalue weighted by molar-refractivity contribution is 6.30. The molecule has 0 aliphatic carbocycles. The highest BCUT2D eigenvalue weighted by atomic mass is 35.5. The molecule has 2 rings (SSSR count). The number of hydrogen-bond donors (Lipinski definition) is 1. The molecule has 0 aliphatic rings. The van der Waals surface area contributed by atoms with Crippen LogP contribution >= 0.6 is 11.6 Å². The molecule has 4 heteroatoms. The molecule has 0 spiro atoms. The van der Waals surface area contributed by atoms with E-state index in [1.165, 1.54) is 6.07 Å². The van der Waals surface area contributed by atoms with Crippen LogP contribution in [0, 0.1) is 5.82 Å². The van der Waals surface area contributed by atoms with Crippen molar-refractivity contribution in [2.75, 3.05) is 0 Å². The Morgan fingerprint density at radius 1 is 1.29 bits per heavy atom. The zero-order chi connectivity index (χ0) is 12.3. The molecule has 0 amide bonds. The van der Waals surface area contributed by atoms with Crippen LogP contribution in [0.15, 0.2) is 42.6 Å². The van der Waals surface area contributed by atoms with Crippen LogP contribution in [0.1, 0.15) is 17.3 Å². The molecule has 2 aromatic rings. The van der Waals surface area contributed by atoms with Crippen LogP contribution in [-0.4, -0.2) is 4.98 Å². The molecule has 1 aromatic heterocycles. The Morgan fingerprint density at radius 3 is 2.76 bits per heavy atom. The summed E-state index contributed by atoms with van der Waals surface area (Å²) in [7, 11) is 0. The minimum Gasteiger partial charge on any atom is -0.324 e. The summed E-state index contributed by atoms with van der Waals surface area (Å²) in [5.74, 6) is -0.430. The van der Waals surface area contributed by atoms with Gasteiger partial charge in [0.25, 0.3) is 0 Å². The van der Waals surface area contributed by atoms with Crippen molar-refractivity contribution in [2.24, 2.45) is 5.73 Å². The standard InChI is InChI=1S/C13H12ClFN2/c14-11-7-9(4-5-12(11)15)13(16)8-10-3-1-2-6-17-10/h1-7,13H,8,16H2. The monoisotopic (exact) mass is 250 g/mol. The summed E-state index contributed by atoms with van der Waals surface area (Å²) in [5, 5.41) is 0.0963. The third-order valence-electron chi connectivity index (χ3n) is 2.53. The predicted molar refractivity (Wildman–Crippen MR) is 66.3 cm³/mol. The smallest absolute Gasteiger partial charge is 0.141 e. The summed E-state index contributed by atoms with van der Waals surface area (Å²) in [6, 6.07) is 9.97. The lowest BCUT2D eigenvalue weighted by molar-refractivity contribution is 0.624. The lowest BCUT2D eigenvalue weighted by Gasteiger charge is -2.12. The van der Waals surface area contributed by atoms with Crippen molar-refractivity contribution in [1.82, 2.24) is 4.98 Å². The van der Waals surface area contributed by atoms with Gasteiger partial charge >= 0.3 is 0 Å². The first-order valence-corrected chi connectivity index (χ1v) is 5.65. The van der Waals surface area contributed by atoms with Crippen molar-refractivity contribution < 1.29 is 4.39 Å². The Labute approximate surface area is 104 Å². The molecule has 2 nitrogen and oxygen atoms in total. The quantitative estimate of drug-likeness (QED) is 0.909. The van der Waals surface area contributed by atoms with Crippen LogP contribution in [-0.2, 0) is 6.42 Å². The molecule has 88 valence electrons. The molecular weight excluding hydrogens is 239 g/mol. The lowest BCUT2D eigenvalue weighted by atomic mass is 10.0. The topological polar surface area (TPSA) is 38.9 Å². The van der Waals surface area contributed by atoms with Gasteiger partial charge in [0.15, 0.2) is 0 Å². The second kappa shape index (κ2) is 5.25. The molecule has 2 N–H and O–H groups in total. The molecule has 17 heavy (non-hydrogen) atoms. The van der Waals surface area contributed by atoms with E-state index >= 15 is 0 Å². The number of nitrogens with two attached hydrogens (primary N) is 1. The van der Waals surface area contributed by atoms with E-state index in [1.54, 1.807) is 18.3 Å². The van der Waals surface area contributed by atoms with Crippen molar-refractivity contribution >= 4 is 11.6 Å². The molecule has 1 unspecified atom stereocenters. The molecule has 0 bridgehead atoms. The van der Waals surface area contributed by atoms with Gasteiger partial charge in [-0.1, -0.05) is 23.7 Å². The molecule has 0 saturated carbocycles. The summed E-state index contributed by atoms with van der Waals surface area (Å²) in [5.41, 5.74) is 7.74. The second-order valence-electron chi connectivity index (χ2n) is 3.81. The largest absolute Gasteiger partial charge is 0.324 e. The van der Waals surface area contributed by atoms with E-state index in [1.807, 2.05) is 18.2 Å². The third-order valence-corrected chi connectivity index (χ3v) is 2.82. The van der Waals surface area contributed by atoms with Crippen molar-refractivity contribution in [3.63, 3.8) is 0 Å². The summed E-state index contributed by atoms with van der Waals surface area (Å²) >= 11 is 5.71. The first-order chi connectivity index (χ1) is 8.16. The predicted octanol–water partition coefficient (Wildman–Crippen LogP) is 3.12. The van der Waals surface area contributed by atoms with E-state index in [9.17, 15) is 4.39 Å². The van der Waals surface area contributed by atoms with Gasteiger partial charge < -0.3 is 5.73 Å². The van der Waals surface area contributed by atoms with Crippen molar-refractivity contribution in [3.8, 4) is 0 Å². The van der Waals surface area contributed by atoms with Crippen LogP contribution < -0.4 is 5.73 Å². The third kappa shape index (κ3) is 3.02. The fourth-order valence-electron chi connectivity index (χ4n) is 1.61. The first kappa shape index (κ1) is 12.0. The van der Waals surface area contributed by atoms with Gasteiger partial charge in [0.2, 0.25) is 0 Å². The summed E-state index contributed by atoms with van der Waals surface area (Å²) < 4.78 is 13.0. The maximum absolute atomic E-state index is 13.0.